The third-order valence-electron chi connectivity index (χ3n) is 5.31. The number of likely N-dealkylation sites (tertiary alicyclic amines) is 1. The Morgan fingerprint density at radius 2 is 2.07 bits per heavy atom. The van der Waals surface area contributed by atoms with E-state index in [1.165, 1.54) is 6.42 Å². The molecule has 0 radical (unpaired) electrons. The highest BCUT2D eigenvalue weighted by atomic mass is 16.2. The van der Waals surface area contributed by atoms with Crippen LogP contribution < -0.4 is 0 Å². The first-order valence-corrected chi connectivity index (χ1v) is 9.64. The molecule has 1 aliphatic rings. The maximum atomic E-state index is 12.8. The minimum absolute atomic E-state index is 0.0949. The number of pyridine rings is 2. The molecule has 3 aromatic rings. The minimum atomic E-state index is 0.0949. The van der Waals surface area contributed by atoms with Crippen molar-refractivity contribution in [2.75, 3.05) is 6.54 Å². The summed E-state index contributed by atoms with van der Waals surface area (Å²) in [7, 11) is 0. The number of fused-ring (bicyclic) bond motifs is 1. The molecule has 0 saturated carbocycles. The molecule has 138 valence electrons. The van der Waals surface area contributed by atoms with Crippen molar-refractivity contribution in [2.24, 2.45) is 0 Å². The molecule has 1 aliphatic heterocycles. The highest BCUT2D eigenvalue weighted by Gasteiger charge is 2.23. The summed E-state index contributed by atoms with van der Waals surface area (Å²) in [5, 5.41) is 4.72. The van der Waals surface area contributed by atoms with Crippen LogP contribution in [0.3, 0.4) is 0 Å². The van der Waals surface area contributed by atoms with E-state index >= 15 is 0 Å². The van der Waals surface area contributed by atoms with E-state index in [0.717, 1.165) is 48.1 Å². The summed E-state index contributed by atoms with van der Waals surface area (Å²) in [4.78, 5) is 19.0. The molecule has 5 heteroatoms. The Labute approximate surface area is 159 Å². The Bertz CT molecular complexity index is 961. The van der Waals surface area contributed by atoms with Crippen LogP contribution in [0.4, 0.5) is 0 Å². The van der Waals surface area contributed by atoms with Gasteiger partial charge < -0.3 is 4.90 Å². The fourth-order valence-electron chi connectivity index (χ4n) is 3.87. The van der Waals surface area contributed by atoms with Crippen molar-refractivity contribution in [3.05, 3.63) is 60.6 Å². The maximum absolute atomic E-state index is 12.8. The summed E-state index contributed by atoms with van der Waals surface area (Å²) >= 11 is 0. The number of hydrogen-bond donors (Lipinski definition) is 0. The van der Waals surface area contributed by atoms with Gasteiger partial charge in [-0.15, -0.1) is 0 Å². The van der Waals surface area contributed by atoms with E-state index in [9.17, 15) is 4.79 Å². The molecular weight excluding hydrogens is 336 g/mol. The van der Waals surface area contributed by atoms with E-state index in [1.807, 2.05) is 52.0 Å². The lowest BCUT2D eigenvalue weighted by Crippen LogP contribution is -2.42. The maximum Gasteiger partial charge on any atom is 0.246 e. The second-order valence-corrected chi connectivity index (χ2v) is 6.95. The number of hydrogen-bond acceptors (Lipinski definition) is 3. The van der Waals surface area contributed by atoms with E-state index < -0.39 is 0 Å². The lowest BCUT2D eigenvalue weighted by atomic mass is 10.00. The SMILES string of the molecule is CCC1CCCCN1C(=O)C=Cc1c(-c2ccncc2)nn2ccccc12. The van der Waals surface area contributed by atoms with Gasteiger partial charge in [0.15, 0.2) is 0 Å². The molecule has 4 heterocycles. The van der Waals surface area contributed by atoms with Crippen molar-refractivity contribution in [3.63, 3.8) is 0 Å². The van der Waals surface area contributed by atoms with Gasteiger partial charge in [-0.25, -0.2) is 4.52 Å². The average molecular weight is 360 g/mol. The summed E-state index contributed by atoms with van der Waals surface area (Å²) in [6.45, 7) is 3.01. The molecule has 1 atom stereocenters. The molecule has 0 N–H and O–H groups in total. The molecule has 1 unspecified atom stereocenters. The molecule has 1 fully saturated rings. The van der Waals surface area contributed by atoms with Gasteiger partial charge in [0.05, 0.1) is 5.52 Å². The van der Waals surface area contributed by atoms with Gasteiger partial charge >= 0.3 is 0 Å². The van der Waals surface area contributed by atoms with Gasteiger partial charge in [0.1, 0.15) is 5.69 Å². The van der Waals surface area contributed by atoms with Crippen molar-refractivity contribution in [1.29, 1.82) is 0 Å². The van der Waals surface area contributed by atoms with E-state index in [1.54, 1.807) is 18.5 Å². The number of piperidine rings is 1. The van der Waals surface area contributed by atoms with E-state index in [-0.39, 0.29) is 5.91 Å². The molecular formula is C22H24N4O. The van der Waals surface area contributed by atoms with Gasteiger partial charge in [-0.2, -0.15) is 5.10 Å². The van der Waals surface area contributed by atoms with Crippen molar-refractivity contribution >= 4 is 17.5 Å². The van der Waals surface area contributed by atoms with E-state index in [2.05, 4.69) is 11.9 Å². The van der Waals surface area contributed by atoms with Gasteiger partial charge in [0.25, 0.3) is 0 Å². The minimum Gasteiger partial charge on any atom is -0.336 e. The lowest BCUT2D eigenvalue weighted by Gasteiger charge is -2.34. The highest BCUT2D eigenvalue weighted by Crippen LogP contribution is 2.27. The first-order chi connectivity index (χ1) is 13.3. The van der Waals surface area contributed by atoms with Crippen LogP contribution in [0.2, 0.25) is 0 Å². The summed E-state index contributed by atoms with van der Waals surface area (Å²) in [6.07, 6.45) is 13.5. The van der Waals surface area contributed by atoms with E-state index in [4.69, 9.17) is 5.10 Å². The topological polar surface area (TPSA) is 50.5 Å². The number of rotatable bonds is 4. The molecule has 1 saturated heterocycles. The summed E-state index contributed by atoms with van der Waals surface area (Å²) in [5.41, 5.74) is 3.79. The summed E-state index contributed by atoms with van der Waals surface area (Å²) < 4.78 is 1.86. The summed E-state index contributed by atoms with van der Waals surface area (Å²) in [6, 6.07) is 10.2. The first-order valence-electron chi connectivity index (χ1n) is 9.64. The normalized spacial score (nSPS) is 17.7. The van der Waals surface area contributed by atoms with Gasteiger partial charge in [-0.1, -0.05) is 13.0 Å². The molecule has 0 bridgehead atoms. The van der Waals surface area contributed by atoms with Crippen molar-refractivity contribution in [3.8, 4) is 11.3 Å². The third-order valence-corrected chi connectivity index (χ3v) is 5.31. The van der Waals surface area contributed by atoms with Gasteiger partial charge in [0, 0.05) is 48.4 Å². The highest BCUT2D eigenvalue weighted by molar-refractivity contribution is 5.95. The van der Waals surface area contributed by atoms with Crippen LogP contribution in [0.1, 0.15) is 38.2 Å². The molecule has 0 aromatic carbocycles. The molecule has 5 nitrogen and oxygen atoms in total. The number of carbonyl (C=O) groups is 1. The van der Waals surface area contributed by atoms with Gasteiger partial charge in [0.2, 0.25) is 5.91 Å². The molecule has 1 amide bonds. The van der Waals surface area contributed by atoms with Crippen molar-refractivity contribution < 1.29 is 4.79 Å². The zero-order valence-electron chi connectivity index (χ0n) is 15.6. The number of carbonyl (C=O) groups excluding carboxylic acids is 1. The fourth-order valence-corrected chi connectivity index (χ4v) is 3.87. The number of nitrogens with zero attached hydrogens (tertiary/aromatic N) is 4. The van der Waals surface area contributed by atoms with Crippen molar-refractivity contribution in [2.45, 2.75) is 38.6 Å². The predicted molar refractivity (Wildman–Crippen MR) is 107 cm³/mol. The van der Waals surface area contributed by atoms with Crippen LogP contribution in [0.15, 0.2) is 55.0 Å². The van der Waals surface area contributed by atoms with Crippen LogP contribution in [-0.4, -0.2) is 38.0 Å². The monoisotopic (exact) mass is 360 g/mol. The second kappa shape index (κ2) is 7.74. The first kappa shape index (κ1) is 17.5. The van der Waals surface area contributed by atoms with Gasteiger partial charge in [-0.3, -0.25) is 9.78 Å². The van der Waals surface area contributed by atoms with Crippen molar-refractivity contribution in [1.82, 2.24) is 19.5 Å². The van der Waals surface area contributed by atoms with Gasteiger partial charge in [-0.05, 0) is 56.0 Å². The smallest absolute Gasteiger partial charge is 0.246 e. The molecule has 0 aliphatic carbocycles. The van der Waals surface area contributed by atoms with Crippen LogP contribution in [0, 0.1) is 0 Å². The Hall–Kier alpha value is -2.95. The predicted octanol–water partition coefficient (Wildman–Crippen LogP) is 4.20. The Kier molecular flexibility index (Phi) is 5.01. The zero-order valence-corrected chi connectivity index (χ0v) is 15.6. The Balaban J connectivity index is 1.70. The van der Waals surface area contributed by atoms with Crippen LogP contribution >= 0.6 is 0 Å². The fraction of sp³-hybridized carbons (Fsp3) is 0.318. The largest absolute Gasteiger partial charge is 0.336 e. The molecule has 3 aromatic heterocycles. The zero-order chi connectivity index (χ0) is 18.6. The molecule has 27 heavy (non-hydrogen) atoms. The average Bonchev–Trinajstić information content (AvgIpc) is 3.11. The number of amides is 1. The molecule has 0 spiro atoms. The van der Waals surface area contributed by atoms with E-state index in [0.29, 0.717) is 6.04 Å². The summed E-state index contributed by atoms with van der Waals surface area (Å²) in [5.74, 6) is 0.0949. The lowest BCUT2D eigenvalue weighted by molar-refractivity contribution is -0.129. The Morgan fingerprint density at radius 1 is 1.22 bits per heavy atom. The molecule has 4 rings (SSSR count). The van der Waals surface area contributed by atoms with Crippen LogP contribution in [0.25, 0.3) is 22.9 Å². The number of aromatic nitrogens is 3. The van der Waals surface area contributed by atoms with Crippen LogP contribution in [-0.2, 0) is 4.79 Å². The standard InChI is InChI=1S/C22H24N4O/c1-2-18-7-3-5-15-25(18)21(27)10-9-19-20-8-4-6-16-26(20)24-22(19)17-11-13-23-14-12-17/h4,6,8-14,16,18H,2-3,5,7,15H2,1H3. The second-order valence-electron chi connectivity index (χ2n) is 6.95. The third kappa shape index (κ3) is 3.50. The van der Waals surface area contributed by atoms with Crippen LogP contribution in [0.5, 0.6) is 0 Å². The Morgan fingerprint density at radius 3 is 2.89 bits per heavy atom. The quantitative estimate of drug-likeness (QED) is 0.655.